The Morgan fingerprint density at radius 1 is 0.892 bits per heavy atom. The normalized spacial score (nSPS) is 14.3. The van der Waals surface area contributed by atoms with Crippen molar-refractivity contribution in [2.45, 2.75) is 70.1 Å². The van der Waals surface area contributed by atoms with E-state index in [4.69, 9.17) is 11.5 Å². The van der Waals surface area contributed by atoms with Gasteiger partial charge >= 0.3 is 5.97 Å². The number of hydrogen-bond donors (Lipinski definition) is 7. The van der Waals surface area contributed by atoms with E-state index in [0.717, 1.165) is 0 Å². The first-order valence-corrected chi connectivity index (χ1v) is 13.8. The molecule has 0 aliphatic rings. The number of carbonyl (C=O) groups excluding carboxylic acids is 3. The third-order valence-corrected chi connectivity index (χ3v) is 6.48. The van der Waals surface area contributed by atoms with Crippen molar-refractivity contribution in [3.63, 3.8) is 0 Å². The van der Waals surface area contributed by atoms with E-state index in [9.17, 15) is 29.4 Å². The quantitative estimate of drug-likeness (QED) is 0.136. The van der Waals surface area contributed by atoms with Gasteiger partial charge in [-0.05, 0) is 67.9 Å². The number of unbranched alkanes of at least 4 members (excludes halogenated alkanes) is 1. The minimum absolute atomic E-state index is 0.0426. The number of aromatic hydroxyl groups is 1. The van der Waals surface area contributed by atoms with E-state index in [-0.39, 0.29) is 24.5 Å². The number of amides is 3. The summed E-state index contributed by atoms with van der Waals surface area (Å²) in [4.78, 5) is 50.7. The van der Waals surface area contributed by atoms with Crippen LogP contribution in [-0.4, -0.2) is 76.6 Å². The van der Waals surface area contributed by atoms with Crippen LogP contribution in [0.1, 0.15) is 45.1 Å². The molecule has 12 heteroatoms. The summed E-state index contributed by atoms with van der Waals surface area (Å²) in [5.74, 6) is -2.42. The SMILES string of the molecule is CSCCC(NC(=O)C(N)C(C)C)C(=O)NC(Cc1ccc(O)cc1)C(=O)NC(CCCCN)C(=O)O. The Labute approximate surface area is 222 Å². The molecule has 37 heavy (non-hydrogen) atoms. The van der Waals surface area contributed by atoms with Gasteiger partial charge in [0.05, 0.1) is 6.04 Å². The fourth-order valence-corrected chi connectivity index (χ4v) is 3.92. The van der Waals surface area contributed by atoms with Crippen LogP contribution in [0.25, 0.3) is 0 Å². The van der Waals surface area contributed by atoms with Crippen molar-refractivity contribution in [2.24, 2.45) is 17.4 Å². The molecule has 0 saturated heterocycles. The van der Waals surface area contributed by atoms with Crippen molar-refractivity contribution in [1.82, 2.24) is 16.0 Å². The lowest BCUT2D eigenvalue weighted by molar-refractivity contribution is -0.142. The lowest BCUT2D eigenvalue weighted by Crippen LogP contribution is -2.58. The largest absolute Gasteiger partial charge is 0.508 e. The summed E-state index contributed by atoms with van der Waals surface area (Å²) < 4.78 is 0. The maximum atomic E-state index is 13.2. The van der Waals surface area contributed by atoms with Gasteiger partial charge in [0.2, 0.25) is 17.7 Å². The second-order valence-electron chi connectivity index (χ2n) is 9.23. The van der Waals surface area contributed by atoms with E-state index in [1.807, 2.05) is 6.26 Å². The number of phenols is 1. The molecule has 0 heterocycles. The topological polar surface area (TPSA) is 197 Å². The zero-order valence-electron chi connectivity index (χ0n) is 21.7. The Bertz CT molecular complexity index is 883. The Hall–Kier alpha value is -2.83. The molecule has 0 radical (unpaired) electrons. The molecule has 0 fully saturated rings. The molecule has 1 aromatic rings. The molecule has 208 valence electrons. The number of benzene rings is 1. The van der Waals surface area contributed by atoms with Gasteiger partial charge in [-0.25, -0.2) is 4.79 Å². The summed E-state index contributed by atoms with van der Waals surface area (Å²) in [6, 6.07) is 2.11. The average molecular weight is 540 g/mol. The number of thioether (sulfide) groups is 1. The van der Waals surface area contributed by atoms with E-state index in [1.165, 1.54) is 23.9 Å². The molecule has 9 N–H and O–H groups in total. The molecule has 0 aromatic heterocycles. The zero-order valence-corrected chi connectivity index (χ0v) is 22.6. The third-order valence-electron chi connectivity index (χ3n) is 5.84. The summed E-state index contributed by atoms with van der Waals surface area (Å²) in [7, 11) is 0. The van der Waals surface area contributed by atoms with Crippen LogP contribution < -0.4 is 27.4 Å². The highest BCUT2D eigenvalue weighted by Crippen LogP contribution is 2.13. The van der Waals surface area contributed by atoms with Gasteiger partial charge in [0.15, 0.2) is 0 Å². The minimum Gasteiger partial charge on any atom is -0.508 e. The van der Waals surface area contributed by atoms with Crippen LogP contribution in [0.5, 0.6) is 5.75 Å². The molecule has 4 atom stereocenters. The number of hydrogen-bond acceptors (Lipinski definition) is 8. The predicted octanol–water partition coefficient (Wildman–Crippen LogP) is 0.339. The molecule has 0 aliphatic carbocycles. The van der Waals surface area contributed by atoms with Crippen molar-refractivity contribution in [3.8, 4) is 5.75 Å². The van der Waals surface area contributed by atoms with Crippen molar-refractivity contribution in [1.29, 1.82) is 0 Å². The van der Waals surface area contributed by atoms with E-state index < -0.39 is 47.9 Å². The Morgan fingerprint density at radius 2 is 1.46 bits per heavy atom. The molecule has 0 saturated carbocycles. The van der Waals surface area contributed by atoms with Gasteiger partial charge in [0.1, 0.15) is 23.9 Å². The number of carbonyl (C=O) groups is 4. The molecule has 0 spiro atoms. The highest BCUT2D eigenvalue weighted by molar-refractivity contribution is 7.98. The summed E-state index contributed by atoms with van der Waals surface area (Å²) in [6.45, 7) is 4.00. The van der Waals surface area contributed by atoms with Crippen LogP contribution in [0.3, 0.4) is 0 Å². The second kappa shape index (κ2) is 16.8. The molecular weight excluding hydrogens is 498 g/mol. The van der Waals surface area contributed by atoms with Gasteiger partial charge < -0.3 is 37.6 Å². The van der Waals surface area contributed by atoms with E-state index in [2.05, 4.69) is 16.0 Å². The summed E-state index contributed by atoms with van der Waals surface area (Å²) in [6.07, 6.45) is 3.55. The Balaban J connectivity index is 3.12. The van der Waals surface area contributed by atoms with Gasteiger partial charge in [-0.1, -0.05) is 26.0 Å². The van der Waals surface area contributed by atoms with Crippen LogP contribution in [0.4, 0.5) is 0 Å². The van der Waals surface area contributed by atoms with Gasteiger partial charge in [-0.15, -0.1) is 0 Å². The van der Waals surface area contributed by atoms with E-state index in [0.29, 0.717) is 37.1 Å². The fourth-order valence-electron chi connectivity index (χ4n) is 3.45. The smallest absolute Gasteiger partial charge is 0.326 e. The molecule has 1 rings (SSSR count). The first-order chi connectivity index (χ1) is 17.5. The van der Waals surface area contributed by atoms with Gasteiger partial charge in [0, 0.05) is 6.42 Å². The van der Waals surface area contributed by atoms with Crippen LogP contribution in [0, 0.1) is 5.92 Å². The summed E-state index contributed by atoms with van der Waals surface area (Å²) in [5, 5.41) is 27.0. The number of carboxylic acids is 1. The van der Waals surface area contributed by atoms with Gasteiger partial charge in [-0.3, -0.25) is 14.4 Å². The molecule has 1 aromatic carbocycles. The molecule has 3 amide bonds. The fraction of sp³-hybridized carbons (Fsp3) is 0.600. The van der Waals surface area contributed by atoms with Crippen molar-refractivity contribution in [2.75, 3.05) is 18.6 Å². The van der Waals surface area contributed by atoms with Crippen LogP contribution in [-0.2, 0) is 25.6 Å². The lowest BCUT2D eigenvalue weighted by atomic mass is 10.0. The predicted molar refractivity (Wildman–Crippen MR) is 144 cm³/mol. The Kier molecular flexibility index (Phi) is 14.6. The number of rotatable bonds is 17. The zero-order chi connectivity index (χ0) is 28.0. The van der Waals surface area contributed by atoms with Crippen molar-refractivity contribution in [3.05, 3.63) is 29.8 Å². The number of nitrogens with two attached hydrogens (primary N) is 2. The monoisotopic (exact) mass is 539 g/mol. The summed E-state index contributed by atoms with van der Waals surface area (Å²) >= 11 is 1.50. The number of aliphatic carboxylic acids is 1. The summed E-state index contributed by atoms with van der Waals surface area (Å²) in [5.41, 5.74) is 12.1. The third kappa shape index (κ3) is 11.8. The number of nitrogens with one attached hydrogen (secondary N) is 3. The highest BCUT2D eigenvalue weighted by atomic mass is 32.2. The first-order valence-electron chi connectivity index (χ1n) is 12.4. The van der Waals surface area contributed by atoms with Crippen LogP contribution in [0.2, 0.25) is 0 Å². The van der Waals surface area contributed by atoms with Crippen LogP contribution in [0.15, 0.2) is 24.3 Å². The van der Waals surface area contributed by atoms with E-state index in [1.54, 1.807) is 26.0 Å². The maximum Gasteiger partial charge on any atom is 0.326 e. The van der Waals surface area contributed by atoms with Crippen LogP contribution >= 0.6 is 11.8 Å². The molecular formula is C25H41N5O6S. The van der Waals surface area contributed by atoms with Gasteiger partial charge in [0.25, 0.3) is 0 Å². The Morgan fingerprint density at radius 3 is 2.00 bits per heavy atom. The van der Waals surface area contributed by atoms with E-state index >= 15 is 0 Å². The molecule has 0 aliphatic heterocycles. The molecule has 0 bridgehead atoms. The van der Waals surface area contributed by atoms with Crippen molar-refractivity contribution >= 4 is 35.5 Å². The lowest BCUT2D eigenvalue weighted by Gasteiger charge is -2.26. The standard InChI is InChI=1S/C25H41N5O6S/c1-15(2)21(27)24(34)28-18(11-13-37-3)22(32)30-20(14-16-7-9-17(31)10-8-16)23(33)29-19(25(35)36)6-4-5-12-26/h7-10,15,18-21,31H,4-6,11-14,26-27H2,1-3H3,(H,28,34)(H,29,33)(H,30,32)(H,35,36). The molecule has 4 unspecified atom stereocenters. The van der Waals surface area contributed by atoms with Gasteiger partial charge in [-0.2, -0.15) is 11.8 Å². The maximum absolute atomic E-state index is 13.2. The number of phenolic OH excluding ortho intramolecular Hbond substituents is 1. The minimum atomic E-state index is -1.19. The average Bonchev–Trinajstić information content (AvgIpc) is 2.85. The second-order valence-corrected chi connectivity index (χ2v) is 10.2. The molecule has 11 nitrogen and oxygen atoms in total. The first kappa shape index (κ1) is 32.2. The van der Waals surface area contributed by atoms with Crippen molar-refractivity contribution < 1.29 is 29.4 Å². The highest BCUT2D eigenvalue weighted by Gasteiger charge is 2.30. The number of carboxylic acid groups (broad SMARTS) is 1.